The average Bonchev–Trinajstić information content (AvgIpc) is 2.89. The Balaban J connectivity index is 2.12. The molecule has 1 saturated carbocycles. The second kappa shape index (κ2) is 6.08. The van der Waals surface area contributed by atoms with Gasteiger partial charge in [-0.1, -0.05) is 25.8 Å². The van der Waals surface area contributed by atoms with Crippen molar-refractivity contribution in [2.45, 2.75) is 45.4 Å². The Morgan fingerprint density at radius 3 is 2.58 bits per heavy atom. The van der Waals surface area contributed by atoms with Crippen LogP contribution >= 0.6 is 15.9 Å². The van der Waals surface area contributed by atoms with E-state index in [2.05, 4.69) is 22.9 Å². The van der Waals surface area contributed by atoms with E-state index < -0.39 is 0 Å². The zero-order chi connectivity index (χ0) is 13.9. The molecule has 0 heterocycles. The number of carbonyl (C=O) groups excluding carboxylic acids is 1. The van der Waals surface area contributed by atoms with Crippen LogP contribution in [0.4, 0.5) is 0 Å². The van der Waals surface area contributed by atoms with E-state index in [-0.39, 0.29) is 5.41 Å². The first-order chi connectivity index (χ1) is 9.11. The van der Waals surface area contributed by atoms with Crippen LogP contribution in [0, 0.1) is 5.41 Å². The van der Waals surface area contributed by atoms with E-state index in [0.29, 0.717) is 12.2 Å². The van der Waals surface area contributed by atoms with Gasteiger partial charge in [0.25, 0.3) is 0 Å². The van der Waals surface area contributed by atoms with Crippen LogP contribution in [0.25, 0.3) is 0 Å². The normalized spacial score (nSPS) is 17.4. The van der Waals surface area contributed by atoms with Crippen LogP contribution in [-0.2, 0) is 11.2 Å². The van der Waals surface area contributed by atoms with Gasteiger partial charge in [0, 0.05) is 11.8 Å². The molecule has 1 fully saturated rings. The van der Waals surface area contributed by atoms with Gasteiger partial charge in [0.15, 0.2) is 0 Å². The topological polar surface area (TPSA) is 26.3 Å². The number of carbonyl (C=O) groups is 1. The third kappa shape index (κ3) is 3.02. The van der Waals surface area contributed by atoms with Crippen LogP contribution in [0.1, 0.15) is 44.6 Å². The number of hydrogen-bond acceptors (Lipinski definition) is 2. The second-order valence-corrected chi connectivity index (χ2v) is 6.26. The van der Waals surface area contributed by atoms with E-state index in [9.17, 15) is 4.79 Å². The molecule has 0 atom stereocenters. The number of hydrogen-bond donors (Lipinski definition) is 0. The maximum atomic E-state index is 12.6. The molecular formula is C16H21BrO2. The van der Waals surface area contributed by atoms with Crippen molar-refractivity contribution < 1.29 is 9.53 Å². The lowest BCUT2D eigenvalue weighted by molar-refractivity contribution is -0.128. The minimum atomic E-state index is -0.0492. The smallest absolute Gasteiger partial charge is 0.143 e. The van der Waals surface area contributed by atoms with Crippen LogP contribution in [-0.4, -0.2) is 12.9 Å². The van der Waals surface area contributed by atoms with Crippen molar-refractivity contribution in [2.24, 2.45) is 5.41 Å². The Morgan fingerprint density at radius 2 is 2.05 bits per heavy atom. The first-order valence-electron chi connectivity index (χ1n) is 6.97. The largest absolute Gasteiger partial charge is 0.496 e. The van der Waals surface area contributed by atoms with Crippen molar-refractivity contribution in [1.82, 2.24) is 0 Å². The fourth-order valence-corrected chi connectivity index (χ4v) is 3.66. The number of rotatable bonds is 5. The summed E-state index contributed by atoms with van der Waals surface area (Å²) >= 11 is 3.47. The van der Waals surface area contributed by atoms with Gasteiger partial charge in [-0.05, 0) is 52.9 Å². The third-order valence-corrected chi connectivity index (χ3v) is 5.03. The lowest BCUT2D eigenvalue weighted by Gasteiger charge is -2.25. The van der Waals surface area contributed by atoms with Crippen LogP contribution in [0.3, 0.4) is 0 Å². The van der Waals surface area contributed by atoms with Crippen LogP contribution < -0.4 is 4.74 Å². The summed E-state index contributed by atoms with van der Waals surface area (Å²) in [6.45, 7) is 2.15. The lowest BCUT2D eigenvalue weighted by Crippen LogP contribution is -2.28. The summed E-state index contributed by atoms with van der Waals surface area (Å²) in [6, 6.07) is 5.90. The molecule has 0 saturated heterocycles. The molecule has 0 amide bonds. The van der Waals surface area contributed by atoms with Gasteiger partial charge in [-0.25, -0.2) is 0 Å². The van der Waals surface area contributed by atoms with Crippen molar-refractivity contribution in [3.63, 3.8) is 0 Å². The number of halogens is 1. The van der Waals surface area contributed by atoms with Gasteiger partial charge >= 0.3 is 0 Å². The predicted molar refractivity (Wildman–Crippen MR) is 80.6 cm³/mol. The standard InChI is InChI=1S/C16H21BrO2/c1-3-16(8-4-5-9-16)15(18)11-12-6-7-14(19-2)13(17)10-12/h6-7,10H,3-5,8-9,11H2,1-2H3. The summed E-state index contributed by atoms with van der Waals surface area (Å²) in [6.07, 6.45) is 6.05. The minimum absolute atomic E-state index is 0.0492. The highest BCUT2D eigenvalue weighted by atomic mass is 79.9. The predicted octanol–water partition coefficient (Wildman–Crippen LogP) is 4.54. The van der Waals surface area contributed by atoms with Crippen LogP contribution in [0.15, 0.2) is 22.7 Å². The molecule has 0 unspecified atom stereocenters. The summed E-state index contributed by atoms with van der Waals surface area (Å²) in [5.74, 6) is 1.21. The van der Waals surface area contributed by atoms with E-state index in [4.69, 9.17) is 4.74 Å². The highest BCUT2D eigenvalue weighted by Crippen LogP contribution is 2.42. The molecule has 0 radical (unpaired) electrons. The van der Waals surface area contributed by atoms with Gasteiger partial charge in [0.05, 0.1) is 11.6 Å². The molecule has 0 spiro atoms. The number of ketones is 1. The highest BCUT2D eigenvalue weighted by Gasteiger charge is 2.38. The molecule has 3 heteroatoms. The van der Waals surface area contributed by atoms with Gasteiger partial charge in [-0.3, -0.25) is 4.79 Å². The highest BCUT2D eigenvalue weighted by molar-refractivity contribution is 9.10. The van der Waals surface area contributed by atoms with Gasteiger partial charge < -0.3 is 4.74 Å². The molecule has 1 aromatic rings. The van der Waals surface area contributed by atoms with Crippen molar-refractivity contribution in [3.8, 4) is 5.75 Å². The molecule has 0 bridgehead atoms. The summed E-state index contributed by atoms with van der Waals surface area (Å²) in [5, 5.41) is 0. The number of Topliss-reactive ketones (excluding diaryl/α,β-unsaturated/α-hetero) is 1. The second-order valence-electron chi connectivity index (χ2n) is 5.41. The SMILES string of the molecule is CCC1(C(=O)Cc2ccc(OC)c(Br)c2)CCCC1. The van der Waals surface area contributed by atoms with E-state index in [1.165, 1.54) is 12.8 Å². The molecule has 1 aromatic carbocycles. The van der Waals surface area contributed by atoms with Gasteiger partial charge in [-0.15, -0.1) is 0 Å². The van der Waals surface area contributed by atoms with Crippen molar-refractivity contribution >= 4 is 21.7 Å². The Morgan fingerprint density at radius 1 is 1.37 bits per heavy atom. The van der Waals surface area contributed by atoms with Gasteiger partial charge in [-0.2, -0.15) is 0 Å². The molecular weight excluding hydrogens is 304 g/mol. The first kappa shape index (κ1) is 14.6. The third-order valence-electron chi connectivity index (χ3n) is 4.41. The van der Waals surface area contributed by atoms with E-state index >= 15 is 0 Å². The Bertz CT molecular complexity index is 462. The zero-order valence-corrected chi connectivity index (χ0v) is 13.3. The Labute approximate surface area is 123 Å². The molecule has 1 aliphatic rings. The first-order valence-corrected chi connectivity index (χ1v) is 7.76. The molecule has 1 aliphatic carbocycles. The Hall–Kier alpha value is -0.830. The monoisotopic (exact) mass is 324 g/mol. The van der Waals surface area contributed by atoms with Gasteiger partial charge in [0.1, 0.15) is 11.5 Å². The maximum Gasteiger partial charge on any atom is 0.143 e. The van der Waals surface area contributed by atoms with Crippen molar-refractivity contribution in [1.29, 1.82) is 0 Å². The number of benzene rings is 1. The van der Waals surface area contributed by atoms with Crippen LogP contribution in [0.2, 0.25) is 0 Å². The summed E-state index contributed by atoms with van der Waals surface area (Å²) in [7, 11) is 1.65. The van der Waals surface area contributed by atoms with E-state index in [1.54, 1.807) is 7.11 Å². The fraction of sp³-hybridized carbons (Fsp3) is 0.562. The Kier molecular flexibility index (Phi) is 4.67. The molecule has 2 nitrogen and oxygen atoms in total. The van der Waals surface area contributed by atoms with Crippen molar-refractivity contribution in [3.05, 3.63) is 28.2 Å². The minimum Gasteiger partial charge on any atom is -0.496 e. The molecule has 0 N–H and O–H groups in total. The van der Waals surface area contributed by atoms with E-state index in [0.717, 1.165) is 35.0 Å². The van der Waals surface area contributed by atoms with Crippen LogP contribution in [0.5, 0.6) is 5.75 Å². The summed E-state index contributed by atoms with van der Waals surface area (Å²) in [5.41, 5.74) is 1.02. The van der Waals surface area contributed by atoms with Crippen molar-refractivity contribution in [2.75, 3.05) is 7.11 Å². The summed E-state index contributed by atoms with van der Waals surface area (Å²) in [4.78, 5) is 12.6. The van der Waals surface area contributed by atoms with Gasteiger partial charge in [0.2, 0.25) is 0 Å². The average molecular weight is 325 g/mol. The lowest BCUT2D eigenvalue weighted by atomic mass is 9.77. The number of methoxy groups -OCH3 is 1. The molecule has 0 aromatic heterocycles. The molecule has 2 rings (SSSR count). The summed E-state index contributed by atoms with van der Waals surface area (Å²) < 4.78 is 6.13. The molecule has 104 valence electrons. The molecule has 0 aliphatic heterocycles. The van der Waals surface area contributed by atoms with E-state index in [1.807, 2.05) is 18.2 Å². The maximum absolute atomic E-state index is 12.6. The fourth-order valence-electron chi connectivity index (χ4n) is 3.07. The molecule has 19 heavy (non-hydrogen) atoms. The number of ether oxygens (including phenoxy) is 1. The zero-order valence-electron chi connectivity index (χ0n) is 11.7. The quantitative estimate of drug-likeness (QED) is 0.794.